The highest BCUT2D eigenvalue weighted by atomic mass is 32.2. The van der Waals surface area contributed by atoms with E-state index < -0.39 is 21.7 Å². The highest BCUT2D eigenvalue weighted by Crippen LogP contribution is 2.26. The Labute approximate surface area is 145 Å². The van der Waals surface area contributed by atoms with Gasteiger partial charge in [0.2, 0.25) is 0 Å². The van der Waals surface area contributed by atoms with Crippen molar-refractivity contribution in [2.24, 2.45) is 0 Å². The van der Waals surface area contributed by atoms with E-state index in [1.165, 1.54) is 42.4 Å². The molecule has 0 bridgehead atoms. The summed E-state index contributed by atoms with van der Waals surface area (Å²) in [5.74, 6) is -0.406. The van der Waals surface area contributed by atoms with E-state index in [4.69, 9.17) is 4.74 Å². The normalized spacial score (nSPS) is 18.1. The van der Waals surface area contributed by atoms with Crippen LogP contribution in [0.15, 0.2) is 60.0 Å². The molecule has 0 fully saturated rings. The van der Waals surface area contributed by atoms with Gasteiger partial charge in [0.05, 0.1) is 18.9 Å². The second kappa shape index (κ2) is 6.68. The van der Waals surface area contributed by atoms with Crippen molar-refractivity contribution in [1.82, 2.24) is 0 Å². The molecular weight excluding hydrogens is 345 g/mol. The summed E-state index contributed by atoms with van der Waals surface area (Å²) in [6.07, 6.45) is 1.47. The number of sulfone groups is 1. The van der Waals surface area contributed by atoms with Crippen LogP contribution < -0.4 is 9.64 Å². The number of hydrogen-bond donors (Lipinski definition) is 0. The Balaban J connectivity index is 1.99. The largest absolute Gasteiger partial charge is 0.497 e. The Morgan fingerprint density at radius 1 is 1.12 bits per heavy atom. The Bertz CT molecular complexity index is 905. The molecule has 25 heavy (non-hydrogen) atoms. The van der Waals surface area contributed by atoms with Crippen molar-refractivity contribution in [3.63, 3.8) is 0 Å². The molecule has 0 saturated carbocycles. The Morgan fingerprint density at radius 3 is 2.28 bits per heavy atom. The van der Waals surface area contributed by atoms with Crippen LogP contribution in [0.3, 0.4) is 0 Å². The zero-order valence-corrected chi connectivity index (χ0v) is 14.2. The minimum atomic E-state index is -3.35. The minimum Gasteiger partial charge on any atom is -0.497 e. The molecule has 0 radical (unpaired) electrons. The first-order chi connectivity index (χ1) is 11.9. The van der Waals surface area contributed by atoms with Gasteiger partial charge >= 0.3 is 0 Å². The van der Waals surface area contributed by atoms with Gasteiger partial charge in [-0.25, -0.2) is 12.8 Å². The van der Waals surface area contributed by atoms with E-state index >= 15 is 0 Å². The van der Waals surface area contributed by atoms with Crippen molar-refractivity contribution in [2.45, 2.75) is 6.04 Å². The fourth-order valence-corrected chi connectivity index (χ4v) is 3.92. The predicted molar refractivity (Wildman–Crippen MR) is 92.9 cm³/mol. The summed E-state index contributed by atoms with van der Waals surface area (Å²) in [6, 6.07) is 11.2. The van der Waals surface area contributed by atoms with E-state index in [1.807, 2.05) is 0 Å². The number of anilines is 1. The highest BCUT2D eigenvalue weighted by molar-refractivity contribution is 7.94. The molecule has 2 aromatic carbocycles. The first-order valence-electron chi connectivity index (χ1n) is 7.54. The van der Waals surface area contributed by atoms with Crippen LogP contribution in [0.4, 0.5) is 10.1 Å². The van der Waals surface area contributed by atoms with Crippen molar-refractivity contribution in [1.29, 1.82) is 0 Å². The van der Waals surface area contributed by atoms with Crippen LogP contribution in [0.5, 0.6) is 5.75 Å². The number of rotatable bonds is 4. The van der Waals surface area contributed by atoms with E-state index in [2.05, 4.69) is 0 Å². The van der Waals surface area contributed by atoms with Gasteiger partial charge in [-0.3, -0.25) is 4.79 Å². The lowest BCUT2D eigenvalue weighted by Gasteiger charge is -2.28. The Hall–Kier alpha value is -2.67. The van der Waals surface area contributed by atoms with E-state index in [1.54, 1.807) is 24.3 Å². The fraction of sp³-hybridized carbons (Fsp3) is 0.167. The van der Waals surface area contributed by atoms with Crippen LogP contribution in [-0.4, -0.2) is 33.2 Å². The molecule has 0 N–H and O–H groups in total. The van der Waals surface area contributed by atoms with Crippen molar-refractivity contribution in [2.75, 3.05) is 17.8 Å². The van der Waals surface area contributed by atoms with Crippen molar-refractivity contribution < 1.29 is 22.3 Å². The first kappa shape index (κ1) is 17.2. The molecule has 130 valence electrons. The molecule has 3 rings (SSSR count). The molecule has 5 nitrogen and oxygen atoms in total. The molecule has 1 atom stereocenters. The Kier molecular flexibility index (Phi) is 4.59. The average Bonchev–Trinajstić information content (AvgIpc) is 2.96. The second-order valence-corrected chi connectivity index (χ2v) is 7.54. The van der Waals surface area contributed by atoms with E-state index in [9.17, 15) is 17.6 Å². The maximum atomic E-state index is 13.2. The molecule has 0 spiro atoms. The third-order valence-electron chi connectivity index (χ3n) is 3.90. The summed E-state index contributed by atoms with van der Waals surface area (Å²) in [7, 11) is -1.83. The summed E-state index contributed by atoms with van der Waals surface area (Å²) < 4.78 is 41.9. The van der Waals surface area contributed by atoms with Gasteiger partial charge in [0.25, 0.3) is 5.91 Å². The minimum absolute atomic E-state index is 0.202. The van der Waals surface area contributed by atoms with Gasteiger partial charge in [0, 0.05) is 16.7 Å². The zero-order chi connectivity index (χ0) is 18.0. The molecular formula is C18H16FNO4S. The lowest BCUT2D eigenvalue weighted by Crippen LogP contribution is -2.41. The van der Waals surface area contributed by atoms with Crippen molar-refractivity contribution in [3.05, 3.63) is 71.4 Å². The van der Waals surface area contributed by atoms with Crippen molar-refractivity contribution >= 4 is 21.4 Å². The number of methoxy groups -OCH3 is 1. The smallest absolute Gasteiger partial charge is 0.258 e. The van der Waals surface area contributed by atoms with Crippen LogP contribution in [0.2, 0.25) is 0 Å². The summed E-state index contributed by atoms with van der Waals surface area (Å²) in [5, 5.41) is 1.11. The molecule has 0 saturated heterocycles. The van der Waals surface area contributed by atoms with E-state index in [0.29, 0.717) is 17.0 Å². The molecule has 7 heteroatoms. The van der Waals surface area contributed by atoms with Gasteiger partial charge < -0.3 is 9.64 Å². The van der Waals surface area contributed by atoms with Crippen LogP contribution >= 0.6 is 0 Å². The zero-order valence-electron chi connectivity index (χ0n) is 13.4. The van der Waals surface area contributed by atoms with E-state index in [-0.39, 0.29) is 11.7 Å². The van der Waals surface area contributed by atoms with Gasteiger partial charge in [-0.15, -0.1) is 0 Å². The SMILES string of the molecule is COc1ccc(C(=O)N(c2ccc(F)cc2)[C@H]2C=CS(=O)(=O)C2)cc1. The quantitative estimate of drug-likeness (QED) is 0.840. The predicted octanol–water partition coefficient (Wildman–Crippen LogP) is 2.79. The number of hydrogen-bond acceptors (Lipinski definition) is 4. The third-order valence-corrected chi connectivity index (χ3v) is 5.28. The van der Waals surface area contributed by atoms with Crippen LogP contribution in [-0.2, 0) is 9.84 Å². The molecule has 0 aromatic heterocycles. The van der Waals surface area contributed by atoms with Gasteiger partial charge in [-0.05, 0) is 54.6 Å². The lowest BCUT2D eigenvalue weighted by atomic mass is 10.1. The number of carbonyl (C=O) groups is 1. The first-order valence-corrected chi connectivity index (χ1v) is 9.25. The van der Waals surface area contributed by atoms with Gasteiger partial charge in [-0.2, -0.15) is 0 Å². The molecule has 1 aliphatic rings. The number of ether oxygens (including phenoxy) is 1. The monoisotopic (exact) mass is 361 g/mol. The molecule has 0 aliphatic carbocycles. The van der Waals surface area contributed by atoms with E-state index in [0.717, 1.165) is 5.41 Å². The number of halogens is 1. The third kappa shape index (κ3) is 3.71. The number of carbonyl (C=O) groups excluding carboxylic acids is 1. The number of nitrogens with zero attached hydrogens (tertiary/aromatic N) is 1. The second-order valence-electron chi connectivity index (χ2n) is 5.61. The summed E-state index contributed by atoms with van der Waals surface area (Å²) in [4.78, 5) is 14.4. The van der Waals surface area contributed by atoms with Crippen LogP contribution in [0.1, 0.15) is 10.4 Å². The van der Waals surface area contributed by atoms with Gasteiger partial charge in [0.1, 0.15) is 11.6 Å². The lowest BCUT2D eigenvalue weighted by molar-refractivity contribution is 0.0983. The van der Waals surface area contributed by atoms with Gasteiger partial charge in [0.15, 0.2) is 9.84 Å². The van der Waals surface area contributed by atoms with Crippen LogP contribution in [0.25, 0.3) is 0 Å². The summed E-state index contributed by atoms with van der Waals surface area (Å²) in [5.41, 5.74) is 0.803. The molecule has 0 unspecified atom stereocenters. The maximum absolute atomic E-state index is 13.2. The summed E-state index contributed by atoms with van der Waals surface area (Å²) in [6.45, 7) is 0. The molecule has 1 heterocycles. The molecule has 1 amide bonds. The van der Waals surface area contributed by atoms with Crippen LogP contribution in [0, 0.1) is 5.82 Å². The number of benzene rings is 2. The number of amides is 1. The Morgan fingerprint density at radius 2 is 1.76 bits per heavy atom. The standard InChI is InChI=1S/C18H16FNO4S/c1-24-17-8-2-13(3-9-17)18(21)20(15-6-4-14(19)5-7-15)16-10-11-25(22,23)12-16/h2-11,16H,12H2,1H3/t16-/m0/s1. The molecule has 1 aliphatic heterocycles. The topological polar surface area (TPSA) is 63.7 Å². The molecule has 2 aromatic rings. The van der Waals surface area contributed by atoms with Crippen molar-refractivity contribution in [3.8, 4) is 5.75 Å². The fourth-order valence-electron chi connectivity index (χ4n) is 2.65. The van der Waals surface area contributed by atoms with Gasteiger partial charge in [-0.1, -0.05) is 0 Å². The maximum Gasteiger partial charge on any atom is 0.258 e. The average molecular weight is 361 g/mol. The summed E-state index contributed by atoms with van der Waals surface area (Å²) >= 11 is 0. The highest BCUT2D eigenvalue weighted by Gasteiger charge is 2.32.